The van der Waals surface area contributed by atoms with Gasteiger partial charge in [-0.25, -0.2) is 9.00 Å². The number of fused-ring (bicyclic) bond motifs is 1. The molecule has 41 heavy (non-hydrogen) atoms. The minimum Gasteiger partial charge on any atom is -0.493 e. The van der Waals surface area contributed by atoms with E-state index in [0.717, 1.165) is 16.3 Å². The van der Waals surface area contributed by atoms with Gasteiger partial charge in [-0.3, -0.25) is 19.1 Å². The Morgan fingerprint density at radius 2 is 1.78 bits per heavy atom. The predicted molar refractivity (Wildman–Crippen MR) is 157 cm³/mol. The van der Waals surface area contributed by atoms with Gasteiger partial charge in [-0.15, -0.1) is 0 Å². The smallest absolute Gasteiger partial charge is 0.329 e. The zero-order valence-electron chi connectivity index (χ0n) is 23.2. The van der Waals surface area contributed by atoms with Crippen molar-refractivity contribution in [1.82, 2.24) is 4.90 Å². The number of amides is 1. The fraction of sp³-hybridized carbons (Fsp3) is 0.345. The Morgan fingerprint density at radius 3 is 2.37 bits per heavy atom. The van der Waals surface area contributed by atoms with Crippen LogP contribution in [-0.4, -0.2) is 70.8 Å². The zero-order chi connectivity index (χ0) is 29.7. The molecule has 1 fully saturated rings. The van der Waals surface area contributed by atoms with E-state index < -0.39 is 35.2 Å². The number of hydrogen-bond acceptors (Lipinski definition) is 7. The molecule has 3 aromatic carbocycles. The molecule has 12 heteroatoms. The minimum absolute atomic E-state index is 0.0732. The molecule has 3 unspecified atom stereocenters. The maximum Gasteiger partial charge on any atom is 0.329 e. The summed E-state index contributed by atoms with van der Waals surface area (Å²) >= 11 is -2.53. The highest BCUT2D eigenvalue weighted by Crippen LogP contribution is 2.35. The third kappa shape index (κ3) is 6.44. The number of nitrogens with zero attached hydrogens (tertiary/aromatic N) is 2. The molecule has 1 amide bonds. The summed E-state index contributed by atoms with van der Waals surface area (Å²) in [6, 6.07) is 13.7. The number of ether oxygens (including phenoxy) is 3. The molecule has 0 saturated carbocycles. The average Bonchev–Trinajstić information content (AvgIpc) is 2.96. The van der Waals surface area contributed by atoms with Crippen molar-refractivity contribution in [3.8, 4) is 11.5 Å². The molecule has 3 atom stereocenters. The lowest BCUT2D eigenvalue weighted by molar-refractivity contribution is -0.156. The first-order chi connectivity index (χ1) is 19.7. The predicted octanol–water partition coefficient (Wildman–Crippen LogP) is 3.25. The van der Waals surface area contributed by atoms with Gasteiger partial charge < -0.3 is 24.8 Å². The lowest BCUT2D eigenvalue weighted by atomic mass is 9.97. The number of carbonyl (C=O) groups is 2. The molecule has 11 nitrogen and oxygen atoms in total. The first-order valence-electron chi connectivity index (χ1n) is 13.1. The van der Waals surface area contributed by atoms with Gasteiger partial charge in [0.2, 0.25) is 5.91 Å². The Morgan fingerprint density at radius 1 is 1.12 bits per heavy atom. The highest BCUT2D eigenvalue weighted by Gasteiger charge is 2.41. The Hall–Kier alpha value is -4.16. The van der Waals surface area contributed by atoms with Gasteiger partial charge in [0.1, 0.15) is 17.9 Å². The number of piperidine rings is 1. The van der Waals surface area contributed by atoms with Crippen LogP contribution in [0.4, 0.5) is 5.69 Å². The summed E-state index contributed by atoms with van der Waals surface area (Å²) in [5, 5.41) is 9.15. The SMILES string of the molecule is CCOC(=O)C(Cc1ccc(C(=N)N)cc1)N1CCCC(N(c2ccc3cc(OC)c(OC)cc3c2)S(=O)O)C1=O. The number of nitrogen functional groups attached to an aromatic ring is 1. The van der Waals surface area contributed by atoms with Gasteiger partial charge in [0.05, 0.1) is 26.5 Å². The van der Waals surface area contributed by atoms with Crippen LogP contribution in [0.25, 0.3) is 10.8 Å². The van der Waals surface area contributed by atoms with Crippen LogP contribution < -0.4 is 19.5 Å². The Kier molecular flexibility index (Phi) is 9.46. The molecule has 0 radical (unpaired) electrons. The number of rotatable bonds is 11. The van der Waals surface area contributed by atoms with Crippen molar-refractivity contribution in [2.45, 2.75) is 38.3 Å². The van der Waals surface area contributed by atoms with Crippen molar-refractivity contribution in [2.75, 3.05) is 31.7 Å². The minimum atomic E-state index is -2.53. The fourth-order valence-electron chi connectivity index (χ4n) is 5.09. The first kappa shape index (κ1) is 29.8. The molecule has 1 heterocycles. The highest BCUT2D eigenvalue weighted by atomic mass is 32.2. The molecule has 4 N–H and O–H groups in total. The Balaban J connectivity index is 1.66. The summed E-state index contributed by atoms with van der Waals surface area (Å²) in [5.74, 6) is -0.0160. The lowest BCUT2D eigenvalue weighted by Crippen LogP contribution is -2.58. The number of hydrogen-bond donors (Lipinski definition) is 3. The van der Waals surface area contributed by atoms with Crippen molar-refractivity contribution in [1.29, 1.82) is 5.41 Å². The van der Waals surface area contributed by atoms with Crippen molar-refractivity contribution in [3.63, 3.8) is 0 Å². The largest absolute Gasteiger partial charge is 0.493 e. The van der Waals surface area contributed by atoms with Crippen LogP contribution in [0, 0.1) is 5.41 Å². The molecular formula is C29H34N4O7S. The Bertz CT molecular complexity index is 1460. The normalized spacial score (nSPS) is 16.6. The maximum atomic E-state index is 13.9. The van der Waals surface area contributed by atoms with Crippen LogP contribution >= 0.6 is 0 Å². The molecule has 0 spiro atoms. The molecule has 1 saturated heterocycles. The van der Waals surface area contributed by atoms with E-state index in [4.69, 9.17) is 25.4 Å². The standard InChI is InChI=1S/C29H34N4O7S/c1-4-40-29(35)24(14-18-7-9-19(10-8-18)27(30)31)32-13-5-6-23(28(32)34)33(41(36)37)22-12-11-20-16-25(38-2)26(39-3)17-21(20)15-22/h7-12,15-17,23-24H,4-6,13-14H2,1-3H3,(H3,30,31)(H,36,37). The van der Waals surface area contributed by atoms with Crippen LogP contribution in [0.2, 0.25) is 0 Å². The fourth-order valence-corrected chi connectivity index (χ4v) is 5.80. The topological polar surface area (TPSA) is 155 Å². The average molecular weight is 583 g/mol. The lowest BCUT2D eigenvalue weighted by Gasteiger charge is -2.40. The maximum absolute atomic E-state index is 13.9. The van der Waals surface area contributed by atoms with E-state index in [1.165, 1.54) is 16.3 Å². The number of benzene rings is 3. The Labute approximate surface area is 241 Å². The third-order valence-electron chi connectivity index (χ3n) is 7.11. The number of amidine groups is 1. The van der Waals surface area contributed by atoms with Crippen LogP contribution in [0.5, 0.6) is 11.5 Å². The summed E-state index contributed by atoms with van der Waals surface area (Å²) in [6.07, 6.45) is 1.02. The summed E-state index contributed by atoms with van der Waals surface area (Å²) in [4.78, 5) is 28.5. The molecule has 3 aromatic rings. The van der Waals surface area contributed by atoms with Crippen molar-refractivity contribution in [3.05, 3.63) is 65.7 Å². The summed E-state index contributed by atoms with van der Waals surface area (Å²) in [7, 11) is 3.06. The van der Waals surface area contributed by atoms with E-state index in [9.17, 15) is 18.4 Å². The van der Waals surface area contributed by atoms with Crippen LogP contribution in [0.1, 0.15) is 30.9 Å². The monoisotopic (exact) mass is 582 g/mol. The molecule has 0 bridgehead atoms. The van der Waals surface area contributed by atoms with Crippen LogP contribution in [0.15, 0.2) is 54.6 Å². The van der Waals surface area contributed by atoms with Gasteiger partial charge in [0.25, 0.3) is 11.3 Å². The van der Waals surface area contributed by atoms with E-state index in [-0.39, 0.29) is 18.9 Å². The van der Waals surface area contributed by atoms with Crippen molar-refractivity contribution < 1.29 is 32.6 Å². The second kappa shape index (κ2) is 13.0. The van der Waals surface area contributed by atoms with Gasteiger partial charge >= 0.3 is 5.97 Å². The summed E-state index contributed by atoms with van der Waals surface area (Å²) < 4.78 is 40.4. The van der Waals surface area contributed by atoms with Crippen LogP contribution in [0.3, 0.4) is 0 Å². The molecule has 0 aliphatic carbocycles. The second-order valence-corrected chi connectivity index (χ2v) is 10.4. The number of esters is 1. The third-order valence-corrected chi connectivity index (χ3v) is 7.91. The quantitative estimate of drug-likeness (QED) is 0.135. The van der Waals surface area contributed by atoms with E-state index >= 15 is 0 Å². The zero-order valence-corrected chi connectivity index (χ0v) is 24.0. The van der Waals surface area contributed by atoms with Crippen LogP contribution in [-0.2, 0) is 32.0 Å². The van der Waals surface area contributed by atoms with Gasteiger partial charge in [-0.2, -0.15) is 0 Å². The van der Waals surface area contributed by atoms with Gasteiger partial charge in [0.15, 0.2) is 11.5 Å². The highest BCUT2D eigenvalue weighted by molar-refractivity contribution is 7.80. The first-order valence-corrected chi connectivity index (χ1v) is 14.2. The van der Waals surface area contributed by atoms with Gasteiger partial charge in [-0.1, -0.05) is 30.3 Å². The molecule has 1 aliphatic rings. The summed E-state index contributed by atoms with van der Waals surface area (Å²) in [6.45, 7) is 2.13. The van der Waals surface area contributed by atoms with Gasteiger partial charge in [0, 0.05) is 18.5 Å². The van der Waals surface area contributed by atoms with E-state index in [0.29, 0.717) is 42.1 Å². The van der Waals surface area contributed by atoms with Crippen molar-refractivity contribution in [2.24, 2.45) is 5.73 Å². The number of nitrogens with two attached hydrogens (primary N) is 1. The molecule has 1 aliphatic heterocycles. The van der Waals surface area contributed by atoms with Gasteiger partial charge in [-0.05, 0) is 60.4 Å². The van der Waals surface area contributed by atoms with E-state index in [1.54, 1.807) is 68.6 Å². The molecule has 218 valence electrons. The number of nitrogens with one attached hydrogen (secondary N) is 1. The van der Waals surface area contributed by atoms with E-state index in [2.05, 4.69) is 0 Å². The van der Waals surface area contributed by atoms with E-state index in [1.807, 2.05) is 0 Å². The number of methoxy groups -OCH3 is 2. The molecular weight excluding hydrogens is 548 g/mol. The number of likely N-dealkylation sites (tertiary alicyclic amines) is 1. The number of anilines is 1. The molecule has 4 rings (SSSR count). The molecule has 0 aromatic heterocycles. The number of carbonyl (C=O) groups excluding carboxylic acids is 2. The van der Waals surface area contributed by atoms with Crippen molar-refractivity contribution >= 4 is 45.4 Å². The summed E-state index contributed by atoms with van der Waals surface area (Å²) in [5.41, 5.74) is 7.23. The second-order valence-electron chi connectivity index (χ2n) is 9.57.